The van der Waals surface area contributed by atoms with Gasteiger partial charge in [0.1, 0.15) is 0 Å². The first-order valence-electron chi connectivity index (χ1n) is 6.72. The fourth-order valence-corrected chi connectivity index (χ4v) is 3.17. The van der Waals surface area contributed by atoms with Crippen LogP contribution in [0.5, 0.6) is 0 Å². The fraction of sp³-hybridized carbons (Fsp3) is 0.286. The molecule has 0 unspecified atom stereocenters. The number of aromatic amines is 2. The fourth-order valence-electron chi connectivity index (χ4n) is 2.31. The molecule has 0 bridgehead atoms. The third-order valence-corrected chi connectivity index (χ3v) is 4.39. The van der Waals surface area contributed by atoms with Crippen LogP contribution in [0.1, 0.15) is 16.8 Å². The molecule has 2 aromatic heterocycles. The molecule has 1 aliphatic rings. The number of nitrogens with zero attached hydrogens (tertiary/aromatic N) is 2. The van der Waals surface area contributed by atoms with Gasteiger partial charge in [-0.05, 0) is 11.6 Å². The summed E-state index contributed by atoms with van der Waals surface area (Å²) in [6, 6.07) is 3.82. The smallest absolute Gasteiger partial charge is 0.325 e. The van der Waals surface area contributed by atoms with Crippen molar-refractivity contribution >= 4 is 17.7 Å². The predicted molar refractivity (Wildman–Crippen MR) is 82.3 cm³/mol. The van der Waals surface area contributed by atoms with Gasteiger partial charge in [-0.3, -0.25) is 19.6 Å². The number of hydrogen-bond donors (Lipinski definition) is 2. The number of thioether (sulfide) groups is 1. The first-order chi connectivity index (χ1) is 10.6. The summed E-state index contributed by atoms with van der Waals surface area (Å²) in [7, 11) is 0. The predicted octanol–water partition coefficient (Wildman–Crippen LogP) is 0.234. The van der Waals surface area contributed by atoms with E-state index in [0.29, 0.717) is 22.8 Å². The van der Waals surface area contributed by atoms with Crippen LogP contribution < -0.4 is 11.2 Å². The molecule has 1 amide bonds. The summed E-state index contributed by atoms with van der Waals surface area (Å²) < 4.78 is 0. The van der Waals surface area contributed by atoms with Gasteiger partial charge in [-0.15, -0.1) is 11.8 Å². The van der Waals surface area contributed by atoms with E-state index in [0.717, 1.165) is 5.56 Å². The highest BCUT2D eigenvalue weighted by molar-refractivity contribution is 7.99. The van der Waals surface area contributed by atoms with E-state index in [1.54, 1.807) is 17.3 Å². The van der Waals surface area contributed by atoms with Crippen LogP contribution in [-0.4, -0.2) is 31.5 Å². The minimum absolute atomic E-state index is 0.0506. The normalized spacial score (nSPS) is 13.2. The molecule has 0 aliphatic carbocycles. The molecule has 2 aromatic rings. The average molecular weight is 318 g/mol. The van der Waals surface area contributed by atoms with Gasteiger partial charge < -0.3 is 9.88 Å². The molecular formula is C14H14N4O3S. The van der Waals surface area contributed by atoms with Crippen molar-refractivity contribution < 1.29 is 4.79 Å². The summed E-state index contributed by atoms with van der Waals surface area (Å²) in [5.41, 5.74) is 1.09. The number of aromatic nitrogens is 3. The third-order valence-electron chi connectivity index (χ3n) is 3.40. The van der Waals surface area contributed by atoms with Gasteiger partial charge in [-0.25, -0.2) is 4.79 Å². The molecule has 3 rings (SSSR count). The molecule has 0 spiro atoms. The second-order valence-corrected chi connectivity index (χ2v) is 5.95. The molecule has 22 heavy (non-hydrogen) atoms. The second kappa shape index (κ2) is 6.18. The maximum Gasteiger partial charge on any atom is 0.325 e. The Morgan fingerprint density at radius 2 is 2.18 bits per heavy atom. The van der Waals surface area contributed by atoms with E-state index in [2.05, 4.69) is 15.0 Å². The summed E-state index contributed by atoms with van der Waals surface area (Å²) in [5.74, 6) is 0.980. The van der Waals surface area contributed by atoms with Crippen molar-refractivity contribution in [2.75, 3.05) is 5.75 Å². The van der Waals surface area contributed by atoms with Crippen molar-refractivity contribution in [3.05, 3.63) is 62.2 Å². The van der Waals surface area contributed by atoms with Gasteiger partial charge in [-0.1, -0.05) is 6.07 Å². The van der Waals surface area contributed by atoms with E-state index in [4.69, 9.17) is 0 Å². The Bertz CT molecular complexity index is 800. The summed E-state index contributed by atoms with van der Waals surface area (Å²) in [4.78, 5) is 45.4. The molecule has 0 aromatic carbocycles. The van der Waals surface area contributed by atoms with Gasteiger partial charge in [0.25, 0.3) is 5.56 Å². The molecule has 114 valence electrons. The maximum absolute atomic E-state index is 12.2. The zero-order valence-corrected chi connectivity index (χ0v) is 12.5. The number of amides is 1. The van der Waals surface area contributed by atoms with Gasteiger partial charge in [-0.2, -0.15) is 0 Å². The molecule has 0 saturated heterocycles. The lowest BCUT2D eigenvalue weighted by Gasteiger charge is -2.14. The van der Waals surface area contributed by atoms with Crippen LogP contribution in [0.25, 0.3) is 0 Å². The van der Waals surface area contributed by atoms with Crippen molar-refractivity contribution in [2.45, 2.75) is 18.8 Å². The van der Waals surface area contributed by atoms with Crippen LogP contribution in [0.15, 0.2) is 34.1 Å². The Morgan fingerprint density at radius 3 is 2.95 bits per heavy atom. The zero-order chi connectivity index (χ0) is 15.5. The van der Waals surface area contributed by atoms with E-state index in [1.807, 2.05) is 12.1 Å². The van der Waals surface area contributed by atoms with Gasteiger partial charge >= 0.3 is 5.69 Å². The Labute approximate surface area is 129 Å². The summed E-state index contributed by atoms with van der Waals surface area (Å²) >= 11 is 1.50. The van der Waals surface area contributed by atoms with Crippen molar-refractivity contribution in [3.8, 4) is 0 Å². The molecule has 0 atom stereocenters. The van der Waals surface area contributed by atoms with E-state index in [1.165, 1.54) is 11.8 Å². The lowest BCUT2D eigenvalue weighted by atomic mass is 10.3. The number of fused-ring (bicyclic) bond motifs is 1. The zero-order valence-electron chi connectivity index (χ0n) is 11.7. The topological polar surface area (TPSA) is 98.9 Å². The molecule has 1 aliphatic heterocycles. The van der Waals surface area contributed by atoms with E-state index in [9.17, 15) is 14.4 Å². The van der Waals surface area contributed by atoms with Gasteiger partial charge in [0, 0.05) is 23.8 Å². The minimum Gasteiger partial charge on any atom is -0.332 e. The van der Waals surface area contributed by atoms with Crippen LogP contribution in [0.4, 0.5) is 0 Å². The summed E-state index contributed by atoms with van der Waals surface area (Å²) in [5, 5.41) is 0. The SMILES string of the molecule is O=C(CSCc1cccnc1)N1Cc2[nH]c(=O)[nH]c(=O)c2C1. The Hall–Kier alpha value is -2.35. The molecule has 0 saturated carbocycles. The number of rotatable bonds is 4. The lowest BCUT2D eigenvalue weighted by molar-refractivity contribution is -0.128. The number of carbonyl (C=O) groups excluding carboxylic acids is 1. The third kappa shape index (κ3) is 3.11. The standard InChI is InChI=1S/C14H14N4O3S/c19-12(8-22-7-9-2-1-3-15-4-9)18-5-10-11(6-18)16-14(21)17-13(10)20/h1-4H,5-8H2,(H2,16,17,20,21). The average Bonchev–Trinajstić information content (AvgIpc) is 2.92. The second-order valence-electron chi connectivity index (χ2n) is 4.97. The van der Waals surface area contributed by atoms with Crippen LogP contribution in [0, 0.1) is 0 Å². The van der Waals surface area contributed by atoms with Crippen molar-refractivity contribution in [1.29, 1.82) is 0 Å². The Morgan fingerprint density at radius 1 is 1.32 bits per heavy atom. The van der Waals surface area contributed by atoms with Crippen LogP contribution in [0.2, 0.25) is 0 Å². The Kier molecular flexibility index (Phi) is 4.10. The van der Waals surface area contributed by atoms with E-state index < -0.39 is 11.2 Å². The van der Waals surface area contributed by atoms with E-state index in [-0.39, 0.29) is 19.0 Å². The van der Waals surface area contributed by atoms with Crippen molar-refractivity contribution in [2.24, 2.45) is 0 Å². The van der Waals surface area contributed by atoms with Gasteiger partial charge in [0.2, 0.25) is 5.91 Å². The minimum atomic E-state index is -0.538. The number of H-pyrrole nitrogens is 2. The highest BCUT2D eigenvalue weighted by Crippen LogP contribution is 2.18. The summed E-state index contributed by atoms with van der Waals surface area (Å²) in [6.45, 7) is 0.522. The largest absolute Gasteiger partial charge is 0.332 e. The van der Waals surface area contributed by atoms with Gasteiger partial charge in [0.15, 0.2) is 0 Å². The van der Waals surface area contributed by atoms with Crippen molar-refractivity contribution in [3.63, 3.8) is 0 Å². The highest BCUT2D eigenvalue weighted by Gasteiger charge is 2.26. The first-order valence-corrected chi connectivity index (χ1v) is 7.88. The molecule has 2 N–H and O–H groups in total. The lowest BCUT2D eigenvalue weighted by Crippen LogP contribution is -2.28. The van der Waals surface area contributed by atoms with E-state index >= 15 is 0 Å². The molecule has 0 radical (unpaired) electrons. The van der Waals surface area contributed by atoms with Crippen LogP contribution >= 0.6 is 11.8 Å². The number of carbonyl (C=O) groups is 1. The van der Waals surface area contributed by atoms with Crippen LogP contribution in [-0.2, 0) is 23.6 Å². The molecule has 3 heterocycles. The van der Waals surface area contributed by atoms with Crippen LogP contribution in [0.3, 0.4) is 0 Å². The Balaban J connectivity index is 1.58. The number of hydrogen-bond acceptors (Lipinski definition) is 5. The van der Waals surface area contributed by atoms with Crippen molar-refractivity contribution in [1.82, 2.24) is 19.9 Å². The number of nitrogens with one attached hydrogen (secondary N) is 2. The first kappa shape index (κ1) is 14.6. The molecule has 7 nitrogen and oxygen atoms in total. The summed E-state index contributed by atoms with van der Waals surface area (Å²) in [6.07, 6.45) is 3.48. The quantitative estimate of drug-likeness (QED) is 0.841. The molecule has 8 heteroatoms. The number of pyridine rings is 1. The maximum atomic E-state index is 12.2. The molecular weight excluding hydrogens is 304 g/mol. The highest BCUT2D eigenvalue weighted by atomic mass is 32.2. The van der Waals surface area contributed by atoms with Gasteiger partial charge in [0.05, 0.1) is 24.4 Å². The molecule has 0 fully saturated rings. The monoisotopic (exact) mass is 318 g/mol.